The number of nitrogens with zero attached hydrogens (tertiary/aromatic N) is 4. The first-order valence-corrected chi connectivity index (χ1v) is 11.0. The molecule has 0 saturated carbocycles. The molecule has 5 rings (SSSR count). The number of carbonyl (C=O) groups excluding carboxylic acids is 2. The van der Waals surface area contributed by atoms with Gasteiger partial charge in [-0.1, -0.05) is 0 Å². The molecule has 0 spiro atoms. The van der Waals surface area contributed by atoms with Gasteiger partial charge >= 0.3 is 6.09 Å². The fourth-order valence-corrected chi connectivity index (χ4v) is 4.63. The fourth-order valence-electron chi connectivity index (χ4n) is 4.63. The average molecular weight is 456 g/mol. The molecule has 2 aromatic rings. The van der Waals surface area contributed by atoms with E-state index in [2.05, 4.69) is 25.6 Å². The van der Waals surface area contributed by atoms with Gasteiger partial charge in [-0.15, -0.1) is 0 Å². The lowest BCUT2D eigenvalue weighted by Crippen LogP contribution is -2.30. The molecule has 3 aliphatic rings. The van der Waals surface area contributed by atoms with Crippen LogP contribution < -0.4 is 20.3 Å². The lowest BCUT2D eigenvalue weighted by atomic mass is 10.1. The lowest BCUT2D eigenvalue weighted by molar-refractivity contribution is -0.118. The summed E-state index contributed by atoms with van der Waals surface area (Å²) in [6, 6.07) is 0. The van der Waals surface area contributed by atoms with E-state index in [1.807, 2.05) is 6.92 Å². The molecule has 2 atom stereocenters. The van der Waals surface area contributed by atoms with Crippen LogP contribution >= 0.6 is 0 Å². The summed E-state index contributed by atoms with van der Waals surface area (Å²) in [7, 11) is 0. The number of aromatic nitrogens is 3. The van der Waals surface area contributed by atoms with Crippen molar-refractivity contribution < 1.29 is 23.5 Å². The number of rotatable bonds is 6. The summed E-state index contributed by atoms with van der Waals surface area (Å²) in [5, 5.41) is 5.99. The predicted octanol–water partition coefficient (Wildman–Crippen LogP) is 1.68. The minimum atomic E-state index is -0.502. The van der Waals surface area contributed by atoms with E-state index >= 15 is 0 Å². The van der Waals surface area contributed by atoms with Crippen LogP contribution in [-0.2, 0) is 22.4 Å². The molecule has 0 aromatic carbocycles. The number of ether oxygens (including phenoxy) is 2. The van der Waals surface area contributed by atoms with E-state index in [-0.39, 0.29) is 36.1 Å². The van der Waals surface area contributed by atoms with Gasteiger partial charge in [-0.05, 0) is 63.2 Å². The molecule has 1 saturated heterocycles. The number of hydrogen-bond acceptors (Lipinski definition) is 8. The first-order valence-electron chi connectivity index (χ1n) is 11.0. The normalized spacial score (nSPS) is 21.4. The Bertz CT molecular complexity index is 1130. The lowest BCUT2D eigenvalue weighted by Gasteiger charge is -2.18. The fraction of sp³-hybridized carbons (Fsp3) is 0.500. The van der Waals surface area contributed by atoms with Crippen molar-refractivity contribution >= 4 is 23.6 Å². The molecular weight excluding hydrogens is 431 g/mol. The van der Waals surface area contributed by atoms with Crippen LogP contribution in [0.3, 0.4) is 0 Å². The molecule has 2 aliphatic heterocycles. The van der Waals surface area contributed by atoms with E-state index in [1.54, 1.807) is 6.92 Å². The van der Waals surface area contributed by atoms with Crippen molar-refractivity contribution in [1.29, 1.82) is 0 Å². The molecular formula is C22H25FN6O4. The molecule has 2 N–H and O–H groups in total. The van der Waals surface area contributed by atoms with Crippen LogP contribution in [0.1, 0.15) is 28.9 Å². The van der Waals surface area contributed by atoms with E-state index < -0.39 is 6.09 Å². The van der Waals surface area contributed by atoms with Crippen LogP contribution in [0, 0.1) is 25.6 Å². The molecule has 0 bridgehead atoms. The van der Waals surface area contributed by atoms with Crippen molar-refractivity contribution in [2.75, 3.05) is 36.5 Å². The summed E-state index contributed by atoms with van der Waals surface area (Å²) in [4.78, 5) is 37.9. The van der Waals surface area contributed by atoms with Crippen LogP contribution in [0.4, 0.5) is 20.8 Å². The van der Waals surface area contributed by atoms with Gasteiger partial charge in [-0.25, -0.2) is 19.2 Å². The smallest absolute Gasteiger partial charge is 0.415 e. The van der Waals surface area contributed by atoms with Crippen LogP contribution in [0.2, 0.25) is 0 Å². The summed E-state index contributed by atoms with van der Waals surface area (Å²) in [6.45, 7) is 5.30. The third-order valence-corrected chi connectivity index (χ3v) is 6.26. The Morgan fingerprint density at radius 3 is 2.88 bits per heavy atom. The molecule has 1 fully saturated rings. The number of pyridine rings is 1. The molecule has 2 aromatic heterocycles. The van der Waals surface area contributed by atoms with Crippen LogP contribution in [0.25, 0.3) is 0 Å². The van der Waals surface area contributed by atoms with Gasteiger partial charge in [0.2, 0.25) is 0 Å². The summed E-state index contributed by atoms with van der Waals surface area (Å²) in [6.07, 6.45) is 2.80. The maximum absolute atomic E-state index is 14.4. The van der Waals surface area contributed by atoms with Gasteiger partial charge in [0.15, 0.2) is 18.2 Å². The van der Waals surface area contributed by atoms with Crippen LogP contribution in [0.15, 0.2) is 6.20 Å². The van der Waals surface area contributed by atoms with Gasteiger partial charge in [0, 0.05) is 5.69 Å². The van der Waals surface area contributed by atoms with E-state index in [0.29, 0.717) is 43.4 Å². The first-order chi connectivity index (χ1) is 15.9. The zero-order valence-corrected chi connectivity index (χ0v) is 18.5. The van der Waals surface area contributed by atoms with Crippen molar-refractivity contribution in [2.45, 2.75) is 39.2 Å². The van der Waals surface area contributed by atoms with Crippen molar-refractivity contribution in [3.63, 3.8) is 0 Å². The largest absolute Gasteiger partial charge is 0.465 e. The molecule has 2 amide bonds. The maximum atomic E-state index is 14.4. The predicted molar refractivity (Wildman–Crippen MR) is 116 cm³/mol. The molecule has 11 heteroatoms. The number of amides is 2. The topological polar surface area (TPSA) is 119 Å². The molecule has 0 radical (unpaired) electrons. The van der Waals surface area contributed by atoms with E-state index in [0.717, 1.165) is 29.8 Å². The summed E-state index contributed by atoms with van der Waals surface area (Å²) < 4.78 is 25.1. The second-order valence-corrected chi connectivity index (χ2v) is 8.66. The van der Waals surface area contributed by atoms with Gasteiger partial charge < -0.3 is 20.1 Å². The van der Waals surface area contributed by atoms with Crippen molar-refractivity contribution in [2.24, 2.45) is 5.92 Å². The molecule has 33 heavy (non-hydrogen) atoms. The average Bonchev–Trinajstić information content (AvgIpc) is 3.38. The van der Waals surface area contributed by atoms with E-state index in [9.17, 15) is 14.0 Å². The molecule has 10 nitrogen and oxygen atoms in total. The molecule has 4 heterocycles. The van der Waals surface area contributed by atoms with Crippen LogP contribution in [0.5, 0.6) is 5.88 Å². The van der Waals surface area contributed by atoms with Gasteiger partial charge in [-0.2, -0.15) is 0 Å². The SMILES string of the molecule is Cc1nc(C)c2c(c1F)CC(CNCCC1CN(c3cnc4c(n3)NC(=O)CO4)C(=O)O1)C2. The third-order valence-electron chi connectivity index (χ3n) is 6.26. The third kappa shape index (κ3) is 4.20. The Morgan fingerprint density at radius 1 is 1.21 bits per heavy atom. The van der Waals surface area contributed by atoms with Crippen molar-refractivity contribution in [3.8, 4) is 5.88 Å². The number of halogens is 1. The van der Waals surface area contributed by atoms with Gasteiger partial charge in [-0.3, -0.25) is 14.7 Å². The van der Waals surface area contributed by atoms with Crippen molar-refractivity contribution in [1.82, 2.24) is 20.3 Å². The highest BCUT2D eigenvalue weighted by atomic mass is 19.1. The monoisotopic (exact) mass is 456 g/mol. The Labute approximate surface area is 189 Å². The number of aryl methyl sites for hydroxylation is 2. The minimum absolute atomic E-state index is 0.111. The number of carbonyl (C=O) groups is 2. The number of hydrogen-bond donors (Lipinski definition) is 2. The summed E-state index contributed by atoms with van der Waals surface area (Å²) in [5.41, 5.74) is 3.23. The Kier molecular flexibility index (Phi) is 5.57. The Morgan fingerprint density at radius 2 is 2.03 bits per heavy atom. The Hall–Kier alpha value is -3.34. The van der Waals surface area contributed by atoms with Crippen LogP contribution in [-0.4, -0.2) is 59.3 Å². The molecule has 174 valence electrons. The second kappa shape index (κ2) is 8.54. The second-order valence-electron chi connectivity index (χ2n) is 8.66. The van der Waals surface area contributed by atoms with Gasteiger partial charge in [0.1, 0.15) is 11.9 Å². The zero-order chi connectivity index (χ0) is 23.1. The van der Waals surface area contributed by atoms with E-state index in [1.165, 1.54) is 11.1 Å². The zero-order valence-electron chi connectivity index (χ0n) is 18.5. The minimum Gasteiger partial charge on any atom is -0.465 e. The van der Waals surface area contributed by atoms with Gasteiger partial charge in [0.05, 0.1) is 18.4 Å². The molecule has 1 aliphatic carbocycles. The number of nitrogens with one attached hydrogen (secondary N) is 2. The highest BCUT2D eigenvalue weighted by Gasteiger charge is 2.34. The molecule has 2 unspecified atom stereocenters. The van der Waals surface area contributed by atoms with Crippen molar-refractivity contribution in [3.05, 3.63) is 34.5 Å². The summed E-state index contributed by atoms with van der Waals surface area (Å²) >= 11 is 0. The first kappa shape index (κ1) is 21.5. The highest BCUT2D eigenvalue weighted by Crippen LogP contribution is 2.31. The number of cyclic esters (lactones) is 1. The summed E-state index contributed by atoms with van der Waals surface area (Å²) in [5.74, 6) is 0.537. The Balaban J connectivity index is 1.11. The standard InChI is InChI=1S/C22H25FN6O4/c1-11-15-5-13(6-16(15)19(23)12(2)26-11)7-24-4-3-14-9-29(22(31)33-14)17-8-25-21-20(27-17)28-18(30)10-32-21/h8,13-14,24H,3-7,9-10H2,1-2H3,(H,27,28,30). The van der Waals surface area contributed by atoms with E-state index in [4.69, 9.17) is 9.47 Å². The maximum Gasteiger partial charge on any atom is 0.415 e. The quantitative estimate of drug-likeness (QED) is 0.631. The number of fused-ring (bicyclic) bond motifs is 2. The van der Waals surface area contributed by atoms with Gasteiger partial charge in [0.25, 0.3) is 11.8 Å². The highest BCUT2D eigenvalue weighted by molar-refractivity contribution is 5.94. The number of anilines is 2.